The zero-order valence-corrected chi connectivity index (χ0v) is 27.5. The van der Waals surface area contributed by atoms with Crippen LogP contribution in [0, 0.1) is 11.3 Å². The summed E-state index contributed by atoms with van der Waals surface area (Å²) >= 11 is 0. The molecule has 0 aromatic heterocycles. The van der Waals surface area contributed by atoms with Crippen molar-refractivity contribution in [3.8, 4) is 0 Å². The van der Waals surface area contributed by atoms with Crippen molar-refractivity contribution in [1.29, 1.82) is 0 Å². The van der Waals surface area contributed by atoms with Gasteiger partial charge in [0.15, 0.2) is 0 Å². The minimum atomic E-state index is -1.15. The van der Waals surface area contributed by atoms with E-state index >= 15 is 0 Å². The monoisotopic (exact) mass is 552 g/mol. The molecule has 2 unspecified atom stereocenters. The van der Waals surface area contributed by atoms with Crippen LogP contribution in [-0.2, 0) is 14.3 Å². The summed E-state index contributed by atoms with van der Waals surface area (Å²) in [5.74, 6) is -1.20. The second-order valence-corrected chi connectivity index (χ2v) is 5.42. The molecule has 1 aliphatic rings. The average Bonchev–Trinajstić information content (AvgIpc) is 2.96. The van der Waals surface area contributed by atoms with Gasteiger partial charge in [-0.3, -0.25) is 9.59 Å². The van der Waals surface area contributed by atoms with E-state index in [9.17, 15) is 14.7 Å². The van der Waals surface area contributed by atoms with Crippen molar-refractivity contribution >= 4 is 17.8 Å². The molecule has 0 spiro atoms. The van der Waals surface area contributed by atoms with Gasteiger partial charge in [0, 0.05) is 13.2 Å². The molecule has 0 aromatic carbocycles. The number of nitrogens with one attached hydrogen (secondary N) is 1. The molecule has 2 atom stereocenters. The molecule has 2 amide bonds. The number of amidine groups is 1. The number of nitrogens with zero attached hydrogens (tertiary/aromatic N) is 1. The summed E-state index contributed by atoms with van der Waals surface area (Å²) in [4.78, 5) is 27.1. The van der Waals surface area contributed by atoms with Gasteiger partial charge in [-0.2, -0.15) is 0 Å². The number of aliphatic hydroxyl groups is 2. The number of hydrogen-bond donors (Lipinski definition) is 3. The van der Waals surface area contributed by atoms with Crippen molar-refractivity contribution in [3.05, 3.63) is 78.9 Å². The molecule has 1 heterocycles. The van der Waals surface area contributed by atoms with Crippen molar-refractivity contribution in [2.75, 3.05) is 26.4 Å². The van der Waals surface area contributed by atoms with Gasteiger partial charge in [-0.15, -0.1) is 78.9 Å². The van der Waals surface area contributed by atoms with Crippen LogP contribution in [0.4, 0.5) is 0 Å². The summed E-state index contributed by atoms with van der Waals surface area (Å²) < 4.78 is 4.83. The largest absolute Gasteiger partial charge is 1.00 e. The van der Waals surface area contributed by atoms with Crippen molar-refractivity contribution in [3.63, 3.8) is 0 Å². The number of carbonyl (C=O) groups excluding carboxylic acids is 2. The molecule has 220 valence electrons. The van der Waals surface area contributed by atoms with E-state index in [4.69, 9.17) is 14.9 Å². The molecule has 9 heteroatoms. The first-order valence-corrected chi connectivity index (χ1v) is 11.7. The molecule has 1 rings (SSSR count). The van der Waals surface area contributed by atoms with E-state index in [1.54, 1.807) is 6.92 Å². The van der Waals surface area contributed by atoms with Crippen LogP contribution in [0.3, 0.4) is 0 Å². The molecule has 0 aliphatic carbocycles. The van der Waals surface area contributed by atoms with E-state index in [0.717, 1.165) is 26.1 Å². The summed E-state index contributed by atoms with van der Waals surface area (Å²) in [6, 6.07) is -0.845. The molecule has 38 heavy (non-hydrogen) atoms. The predicted octanol–water partition coefficient (Wildman–Crippen LogP) is 2.02. The van der Waals surface area contributed by atoms with E-state index in [1.165, 1.54) is 0 Å². The number of carbonyl (C=O) groups is 2. The first-order valence-electron chi connectivity index (χ1n) is 11.7. The van der Waals surface area contributed by atoms with Crippen LogP contribution in [0.2, 0.25) is 0 Å². The molecular formula is C29H57N2NaO6. The van der Waals surface area contributed by atoms with Crippen molar-refractivity contribution in [2.45, 2.75) is 53.9 Å². The fourth-order valence-corrected chi connectivity index (χ4v) is 2.50. The first kappa shape index (κ1) is 60.4. The van der Waals surface area contributed by atoms with Crippen LogP contribution in [0.1, 0.15) is 53.9 Å². The van der Waals surface area contributed by atoms with Crippen LogP contribution >= 0.6 is 0 Å². The SMILES string of the molecule is C=C.C=C.C=C.C=C.C=C.C=C.CCCC(C)C1(CC)C(=O)N=C([O-])NC1=O.CCOCC.OCCO.[Na+]. The fraction of sp³-hybridized carbons (Fsp3) is 0.483. The number of aliphatic hydroxyl groups excluding tert-OH is 2. The standard InChI is InChI=1S/C11H18N2O3.C4H10O.C2H6O2.6C2H4.Na/c1-4-6-7(3)11(5-2)8(14)12-10(16)13-9(11)15;1-3-5-4-2;3-1-2-4;6*1-2;/h7H,4-6H2,1-3H3,(H2,12,13,14,15,16);3-4H2,1-2H3;3-4H,1-2H2;6*1-2H2;/q;;;;;;;;;+1/p-1. The Morgan fingerprint density at radius 1 is 0.842 bits per heavy atom. The molecule has 3 N–H and O–H groups in total. The second kappa shape index (κ2) is 59.8. The molecular weight excluding hydrogens is 495 g/mol. The normalized spacial score (nSPS) is 14.0. The van der Waals surface area contributed by atoms with Crippen LogP contribution in [-0.4, -0.2) is 54.5 Å². The number of rotatable bonds is 7. The summed E-state index contributed by atoms with van der Waals surface area (Å²) in [7, 11) is 0. The maximum absolute atomic E-state index is 11.9. The molecule has 0 saturated carbocycles. The van der Waals surface area contributed by atoms with Gasteiger partial charge >= 0.3 is 29.6 Å². The van der Waals surface area contributed by atoms with E-state index in [-0.39, 0.29) is 48.7 Å². The van der Waals surface area contributed by atoms with Crippen LogP contribution in [0.5, 0.6) is 0 Å². The average molecular weight is 553 g/mol. The number of aliphatic imine (C=N–C) groups is 1. The number of ether oxygens (including phenoxy) is 1. The topological polar surface area (TPSA) is 131 Å². The van der Waals surface area contributed by atoms with Gasteiger partial charge in [0.1, 0.15) is 5.41 Å². The molecule has 0 bridgehead atoms. The third kappa shape index (κ3) is 33.9. The Hall–Kier alpha value is -2.07. The third-order valence-electron chi connectivity index (χ3n) is 3.84. The maximum atomic E-state index is 11.9. The Labute approximate surface area is 257 Å². The van der Waals surface area contributed by atoms with E-state index in [2.05, 4.69) is 89.3 Å². The molecule has 0 aromatic rings. The summed E-state index contributed by atoms with van der Waals surface area (Å²) in [6.07, 6.45) is 2.02. The van der Waals surface area contributed by atoms with Gasteiger partial charge in [-0.05, 0) is 32.6 Å². The van der Waals surface area contributed by atoms with Crippen LogP contribution in [0.25, 0.3) is 0 Å². The number of hydrogen-bond acceptors (Lipinski definition) is 6. The predicted molar refractivity (Wildman–Crippen MR) is 161 cm³/mol. The molecule has 0 fully saturated rings. The zero-order valence-electron chi connectivity index (χ0n) is 25.5. The fourth-order valence-electron chi connectivity index (χ4n) is 2.50. The van der Waals surface area contributed by atoms with Crippen LogP contribution in [0.15, 0.2) is 83.9 Å². The second-order valence-electron chi connectivity index (χ2n) is 5.42. The molecule has 0 radical (unpaired) electrons. The van der Waals surface area contributed by atoms with E-state index in [0.29, 0.717) is 6.42 Å². The van der Waals surface area contributed by atoms with Gasteiger partial charge in [0.2, 0.25) is 5.91 Å². The van der Waals surface area contributed by atoms with E-state index < -0.39 is 23.3 Å². The molecule has 8 nitrogen and oxygen atoms in total. The Morgan fingerprint density at radius 2 is 1.18 bits per heavy atom. The Bertz CT molecular complexity index is 488. The number of amides is 2. The third-order valence-corrected chi connectivity index (χ3v) is 3.84. The first-order chi connectivity index (χ1) is 17.8. The summed E-state index contributed by atoms with van der Waals surface area (Å²) in [5, 5.41) is 28.3. The van der Waals surface area contributed by atoms with Gasteiger partial charge in [-0.25, -0.2) is 4.99 Å². The van der Waals surface area contributed by atoms with Crippen molar-refractivity contribution in [2.24, 2.45) is 16.3 Å². The van der Waals surface area contributed by atoms with Crippen molar-refractivity contribution in [1.82, 2.24) is 5.32 Å². The Balaban J connectivity index is -0.0000000457. The minimum Gasteiger partial charge on any atom is -0.846 e. The summed E-state index contributed by atoms with van der Waals surface area (Å²) in [6.45, 7) is 47.0. The maximum Gasteiger partial charge on any atom is 1.00 e. The van der Waals surface area contributed by atoms with Crippen molar-refractivity contribution < 1.29 is 59.2 Å². The smallest absolute Gasteiger partial charge is 0.846 e. The summed E-state index contributed by atoms with van der Waals surface area (Å²) in [5.41, 5.74) is -1.15. The minimum absolute atomic E-state index is 0. The van der Waals surface area contributed by atoms with E-state index in [1.807, 2.05) is 27.7 Å². The molecule has 0 saturated heterocycles. The van der Waals surface area contributed by atoms with Gasteiger partial charge in [0.25, 0.3) is 5.91 Å². The van der Waals surface area contributed by atoms with Gasteiger partial charge < -0.3 is 25.4 Å². The Kier molecular flexibility index (Phi) is 95.1. The Morgan fingerprint density at radius 3 is 1.37 bits per heavy atom. The molecule has 1 aliphatic heterocycles. The quantitative estimate of drug-likeness (QED) is 0.252. The van der Waals surface area contributed by atoms with Gasteiger partial charge in [0.05, 0.1) is 19.2 Å². The van der Waals surface area contributed by atoms with Gasteiger partial charge in [-0.1, -0.05) is 27.2 Å². The zero-order chi connectivity index (χ0) is 31.9. The van der Waals surface area contributed by atoms with Crippen LogP contribution < -0.4 is 40.0 Å².